The third-order valence-electron chi connectivity index (χ3n) is 11.3. The van der Waals surface area contributed by atoms with Crippen molar-refractivity contribution < 1.29 is 0 Å². The van der Waals surface area contributed by atoms with Crippen molar-refractivity contribution in [1.29, 1.82) is 0 Å². The Bertz CT molecular complexity index is 2970. The second-order valence-corrected chi connectivity index (χ2v) is 15.0. The van der Waals surface area contributed by atoms with Crippen LogP contribution < -0.4 is 4.90 Å². The third-order valence-corrected chi connectivity index (χ3v) is 11.3. The van der Waals surface area contributed by atoms with Gasteiger partial charge in [-0.25, -0.2) is 0 Å². The lowest BCUT2D eigenvalue weighted by Gasteiger charge is -2.27. The molecule has 0 bridgehead atoms. The van der Waals surface area contributed by atoms with Gasteiger partial charge in [0.1, 0.15) is 0 Å². The summed E-state index contributed by atoms with van der Waals surface area (Å²) in [6, 6.07) is 83.6. The van der Waals surface area contributed by atoms with E-state index in [1.54, 1.807) is 0 Å². The van der Waals surface area contributed by atoms with E-state index in [1.807, 2.05) is 0 Å². The normalized spacial score (nSPS) is 11.2. The van der Waals surface area contributed by atoms with E-state index in [4.69, 9.17) is 0 Å². The van der Waals surface area contributed by atoms with Gasteiger partial charge in [0.2, 0.25) is 0 Å². The summed E-state index contributed by atoms with van der Waals surface area (Å²) in [5, 5.41) is 2.51. The van der Waals surface area contributed by atoms with Crippen LogP contribution in [0.5, 0.6) is 0 Å². The summed E-state index contributed by atoms with van der Waals surface area (Å²) >= 11 is 0. The number of hydrogen-bond acceptors (Lipinski definition) is 1. The molecule has 0 unspecified atom stereocenters. The number of fused-ring (bicyclic) bond motifs is 3. The van der Waals surface area contributed by atoms with Crippen molar-refractivity contribution in [3.8, 4) is 27.9 Å². The molecule has 10 aromatic rings. The number of nitrogens with zero attached hydrogens (tertiary/aromatic N) is 2. The highest BCUT2D eigenvalue weighted by molar-refractivity contribution is 6.10. The van der Waals surface area contributed by atoms with Crippen molar-refractivity contribution in [3.05, 3.63) is 253 Å². The summed E-state index contributed by atoms with van der Waals surface area (Å²) in [4.78, 5) is 2.38. The molecule has 0 amide bonds. The lowest BCUT2D eigenvalue weighted by atomic mass is 9.89. The quantitative estimate of drug-likeness (QED) is 0.135. The van der Waals surface area contributed by atoms with Crippen LogP contribution in [-0.2, 0) is 12.8 Å². The summed E-state index contributed by atoms with van der Waals surface area (Å²) in [6.45, 7) is 0. The highest BCUT2D eigenvalue weighted by Crippen LogP contribution is 2.40. The zero-order valence-electron chi connectivity index (χ0n) is 32.2. The Morgan fingerprint density at radius 1 is 0.328 bits per heavy atom. The fourth-order valence-corrected chi connectivity index (χ4v) is 8.53. The topological polar surface area (TPSA) is 8.17 Å². The highest BCUT2D eigenvalue weighted by Gasteiger charge is 2.18. The molecule has 1 aromatic heterocycles. The van der Waals surface area contributed by atoms with E-state index in [-0.39, 0.29) is 0 Å². The molecule has 2 nitrogen and oxygen atoms in total. The number of rotatable bonds is 10. The van der Waals surface area contributed by atoms with E-state index in [0.717, 1.165) is 29.9 Å². The van der Waals surface area contributed by atoms with Crippen molar-refractivity contribution in [3.63, 3.8) is 0 Å². The number of hydrogen-bond donors (Lipinski definition) is 0. The van der Waals surface area contributed by atoms with Crippen LogP contribution in [0.4, 0.5) is 17.1 Å². The van der Waals surface area contributed by atoms with E-state index in [9.17, 15) is 0 Å². The molecule has 0 saturated carbocycles. The van der Waals surface area contributed by atoms with Gasteiger partial charge in [0.15, 0.2) is 0 Å². The Hall–Kier alpha value is -7.42. The molecule has 0 aliphatic rings. The van der Waals surface area contributed by atoms with Crippen LogP contribution in [0.1, 0.15) is 22.3 Å². The van der Waals surface area contributed by atoms with Gasteiger partial charge in [0, 0.05) is 33.5 Å². The molecular formula is C56H42N2. The lowest BCUT2D eigenvalue weighted by molar-refractivity contribution is 1.16. The monoisotopic (exact) mass is 742 g/mol. The van der Waals surface area contributed by atoms with Gasteiger partial charge in [-0.2, -0.15) is 0 Å². The maximum atomic E-state index is 2.40. The van der Waals surface area contributed by atoms with E-state index in [1.165, 1.54) is 72.0 Å². The van der Waals surface area contributed by atoms with Gasteiger partial charge in [-0.3, -0.25) is 0 Å². The molecule has 58 heavy (non-hydrogen) atoms. The molecule has 0 atom stereocenters. The molecular weight excluding hydrogens is 701 g/mol. The van der Waals surface area contributed by atoms with Crippen molar-refractivity contribution in [1.82, 2.24) is 4.57 Å². The van der Waals surface area contributed by atoms with Gasteiger partial charge in [-0.15, -0.1) is 0 Å². The first kappa shape index (κ1) is 35.0. The fraction of sp³-hybridized carbons (Fsp3) is 0.0357. The molecule has 0 radical (unpaired) electrons. The standard InChI is InChI=1S/C56H42N2/c1-5-17-41(18-6-1)37-45-21-13-14-26-51(45)52-35-34-50(39-46(52)38-42-19-7-2-8-20-42)57(47-22-9-3-10-23-47)49-32-29-43(30-33-49)44-31-36-56-54(40-44)53-27-15-16-28-55(53)58(56)48-24-11-4-12-25-48/h1-36,39-40H,37-38H2. The fourth-order valence-electron chi connectivity index (χ4n) is 8.53. The van der Waals surface area contributed by atoms with E-state index >= 15 is 0 Å². The molecule has 10 rings (SSSR count). The van der Waals surface area contributed by atoms with Gasteiger partial charge in [-0.1, -0.05) is 164 Å². The molecule has 9 aromatic carbocycles. The predicted octanol–water partition coefficient (Wildman–Crippen LogP) is 14.8. The number of benzene rings is 9. The Labute approximate surface area is 340 Å². The minimum atomic E-state index is 0.828. The summed E-state index contributed by atoms with van der Waals surface area (Å²) in [7, 11) is 0. The van der Waals surface area contributed by atoms with E-state index < -0.39 is 0 Å². The van der Waals surface area contributed by atoms with Gasteiger partial charge in [0.05, 0.1) is 11.0 Å². The minimum Gasteiger partial charge on any atom is -0.310 e. The highest BCUT2D eigenvalue weighted by atomic mass is 15.1. The zero-order valence-corrected chi connectivity index (χ0v) is 32.2. The lowest BCUT2D eigenvalue weighted by Crippen LogP contribution is -2.10. The molecule has 0 fully saturated rings. The first-order valence-electron chi connectivity index (χ1n) is 20.1. The Morgan fingerprint density at radius 3 is 1.57 bits per heavy atom. The van der Waals surface area contributed by atoms with E-state index in [0.29, 0.717) is 0 Å². The van der Waals surface area contributed by atoms with Crippen LogP contribution in [0.25, 0.3) is 49.7 Å². The van der Waals surface area contributed by atoms with Gasteiger partial charge in [-0.05, 0) is 124 Å². The third kappa shape index (κ3) is 6.86. The largest absolute Gasteiger partial charge is 0.310 e. The first-order chi connectivity index (χ1) is 28.8. The van der Waals surface area contributed by atoms with Crippen LogP contribution >= 0.6 is 0 Å². The van der Waals surface area contributed by atoms with E-state index in [2.05, 4.69) is 240 Å². The minimum absolute atomic E-state index is 0.828. The van der Waals surface area contributed by atoms with Crippen LogP contribution in [-0.4, -0.2) is 4.57 Å². The Balaban J connectivity index is 1.05. The SMILES string of the molecule is c1ccc(Cc2ccccc2-c2ccc(N(c3ccccc3)c3ccc(-c4ccc5c(c4)c4ccccc4n5-c4ccccc4)cc3)cc2Cc2ccccc2)cc1. The predicted molar refractivity (Wildman–Crippen MR) is 245 cm³/mol. The molecule has 0 spiro atoms. The maximum Gasteiger partial charge on any atom is 0.0541 e. The maximum absolute atomic E-state index is 2.40. The molecule has 0 N–H and O–H groups in total. The van der Waals surface area contributed by atoms with Crippen LogP contribution in [0, 0.1) is 0 Å². The second kappa shape index (κ2) is 15.6. The number of anilines is 3. The van der Waals surface area contributed by atoms with Gasteiger partial charge >= 0.3 is 0 Å². The molecule has 2 heteroatoms. The summed E-state index contributed by atoms with van der Waals surface area (Å²) < 4.78 is 2.37. The summed E-state index contributed by atoms with van der Waals surface area (Å²) in [6.07, 6.45) is 1.71. The molecule has 1 heterocycles. The average Bonchev–Trinajstić information content (AvgIpc) is 3.62. The summed E-state index contributed by atoms with van der Waals surface area (Å²) in [5.41, 5.74) is 17.1. The van der Waals surface area contributed by atoms with Crippen molar-refractivity contribution in [2.24, 2.45) is 0 Å². The van der Waals surface area contributed by atoms with Gasteiger partial charge < -0.3 is 9.47 Å². The molecule has 0 aliphatic carbocycles. The van der Waals surface area contributed by atoms with Crippen molar-refractivity contribution in [2.75, 3.05) is 4.90 Å². The van der Waals surface area contributed by atoms with Crippen LogP contribution in [0.3, 0.4) is 0 Å². The summed E-state index contributed by atoms with van der Waals surface area (Å²) in [5.74, 6) is 0. The molecule has 0 saturated heterocycles. The van der Waals surface area contributed by atoms with Crippen LogP contribution in [0.15, 0.2) is 231 Å². The Morgan fingerprint density at radius 2 is 0.845 bits per heavy atom. The second-order valence-electron chi connectivity index (χ2n) is 15.0. The molecule has 276 valence electrons. The average molecular weight is 743 g/mol. The molecule has 0 aliphatic heterocycles. The van der Waals surface area contributed by atoms with Crippen molar-refractivity contribution >= 4 is 38.9 Å². The van der Waals surface area contributed by atoms with Gasteiger partial charge in [0.25, 0.3) is 0 Å². The number of para-hydroxylation sites is 3. The zero-order chi connectivity index (χ0) is 38.7. The first-order valence-corrected chi connectivity index (χ1v) is 20.1. The van der Waals surface area contributed by atoms with Crippen LogP contribution in [0.2, 0.25) is 0 Å². The Kier molecular flexibility index (Phi) is 9.43. The number of aromatic nitrogens is 1. The van der Waals surface area contributed by atoms with Crippen molar-refractivity contribution in [2.45, 2.75) is 12.8 Å². The smallest absolute Gasteiger partial charge is 0.0541 e.